The number of nitrogens with zero attached hydrogens (tertiary/aromatic N) is 3. The normalized spacial score (nSPS) is 11.6. The van der Waals surface area contributed by atoms with Crippen LogP contribution in [-0.2, 0) is 0 Å². The van der Waals surface area contributed by atoms with Crippen molar-refractivity contribution in [2.45, 2.75) is 6.92 Å². The number of aryl methyl sites for hydroxylation is 1. The number of para-hydroxylation sites is 1. The molecule has 0 unspecified atom stereocenters. The fourth-order valence-electron chi connectivity index (χ4n) is 7.11. The van der Waals surface area contributed by atoms with E-state index < -0.39 is 0 Å². The third-order valence-corrected chi connectivity index (χ3v) is 9.68. The molecule has 0 fully saturated rings. The van der Waals surface area contributed by atoms with E-state index >= 15 is 0 Å². The van der Waals surface area contributed by atoms with Crippen LogP contribution in [0.5, 0.6) is 0 Å². The van der Waals surface area contributed by atoms with E-state index in [2.05, 4.69) is 110 Å². The first kappa shape index (κ1) is 29.1. The zero-order valence-electron chi connectivity index (χ0n) is 27.7. The summed E-state index contributed by atoms with van der Waals surface area (Å²) in [5.74, 6) is 1.74. The van der Waals surface area contributed by atoms with E-state index in [1.54, 1.807) is 0 Å². The maximum atomic E-state index is 6.50. The number of fused-ring (bicyclic) bond motifs is 6. The molecule has 0 aliphatic carbocycles. The van der Waals surface area contributed by atoms with E-state index in [0.29, 0.717) is 17.5 Å². The van der Waals surface area contributed by atoms with Gasteiger partial charge in [0.15, 0.2) is 17.5 Å². The number of benzene rings is 7. The molecule has 0 bridgehead atoms. The Bertz CT molecular complexity index is 2910. The van der Waals surface area contributed by atoms with Crippen LogP contribution in [0.4, 0.5) is 0 Å². The van der Waals surface area contributed by atoms with Gasteiger partial charge in [0.1, 0.15) is 22.3 Å². The average Bonchev–Trinajstić information content (AvgIpc) is 3.77. The molecule has 7 aromatic carbocycles. The Hall–Kier alpha value is -6.85. The van der Waals surface area contributed by atoms with Crippen LogP contribution in [0.1, 0.15) is 5.56 Å². The first-order valence-electron chi connectivity index (χ1n) is 17.0. The van der Waals surface area contributed by atoms with Crippen molar-refractivity contribution in [3.63, 3.8) is 0 Å². The summed E-state index contributed by atoms with van der Waals surface area (Å²) in [6.45, 7) is 2.07. The molecule has 0 saturated carbocycles. The van der Waals surface area contributed by atoms with Gasteiger partial charge in [-0.25, -0.2) is 15.0 Å². The Morgan fingerprint density at radius 3 is 1.63 bits per heavy atom. The number of hydrogen-bond donors (Lipinski definition) is 0. The maximum absolute atomic E-state index is 6.50. The summed E-state index contributed by atoms with van der Waals surface area (Å²) in [7, 11) is 0. The Labute approximate surface area is 293 Å². The van der Waals surface area contributed by atoms with Crippen molar-refractivity contribution in [3.8, 4) is 56.4 Å². The van der Waals surface area contributed by atoms with Crippen LogP contribution in [0.25, 0.3) is 100 Å². The van der Waals surface area contributed by atoms with Gasteiger partial charge in [-0.1, -0.05) is 127 Å². The van der Waals surface area contributed by atoms with Gasteiger partial charge in [0, 0.05) is 38.2 Å². The van der Waals surface area contributed by atoms with Crippen LogP contribution < -0.4 is 0 Å². The van der Waals surface area contributed by atoms with Gasteiger partial charge in [-0.3, -0.25) is 0 Å². The number of furan rings is 2. The highest BCUT2D eigenvalue weighted by atomic mass is 16.3. The minimum absolute atomic E-state index is 0.568. The summed E-state index contributed by atoms with van der Waals surface area (Å²) in [5.41, 5.74) is 11.7. The SMILES string of the molecule is Cc1cccc2c1oc1cc(-c3nc(-c4ccccc4)nc(-c4ccc5c(c4)oc4cccc(-c6ccc(-c7ccccc7)cc6)c45)n3)ccc12. The second-order valence-corrected chi connectivity index (χ2v) is 12.9. The van der Waals surface area contributed by atoms with Crippen molar-refractivity contribution >= 4 is 43.9 Å². The van der Waals surface area contributed by atoms with Crippen LogP contribution in [0, 0.1) is 6.92 Å². The van der Waals surface area contributed by atoms with Gasteiger partial charge in [-0.2, -0.15) is 0 Å². The van der Waals surface area contributed by atoms with Crippen molar-refractivity contribution in [3.05, 3.63) is 163 Å². The van der Waals surface area contributed by atoms with Crippen LogP contribution in [-0.4, -0.2) is 15.0 Å². The molecule has 240 valence electrons. The smallest absolute Gasteiger partial charge is 0.164 e. The first-order chi connectivity index (χ1) is 25.2. The van der Waals surface area contributed by atoms with Crippen molar-refractivity contribution in [2.24, 2.45) is 0 Å². The van der Waals surface area contributed by atoms with Gasteiger partial charge in [-0.05, 0) is 65.1 Å². The van der Waals surface area contributed by atoms with Crippen LogP contribution in [0.2, 0.25) is 0 Å². The highest BCUT2D eigenvalue weighted by molar-refractivity contribution is 6.13. The predicted octanol–water partition coefficient (Wildman–Crippen LogP) is 12.3. The lowest BCUT2D eigenvalue weighted by Crippen LogP contribution is -2.00. The zero-order valence-corrected chi connectivity index (χ0v) is 27.7. The standard InChI is InChI=1S/C46H29N3O2/c1-28-10-8-16-37-36-24-22-33(26-40(36)51-43(28)37)45-47-44(32-13-6-3-7-14-32)48-46(49-45)34-23-25-38-41(27-34)50-39-17-9-15-35(42(38)39)31-20-18-30(19-21-31)29-11-4-2-5-12-29/h2-27H,1H3. The average molecular weight is 656 g/mol. The van der Waals surface area contributed by atoms with Gasteiger partial charge in [-0.15, -0.1) is 0 Å². The van der Waals surface area contributed by atoms with Crippen molar-refractivity contribution in [1.82, 2.24) is 15.0 Å². The fourth-order valence-corrected chi connectivity index (χ4v) is 7.11. The Balaban J connectivity index is 1.09. The maximum Gasteiger partial charge on any atom is 0.164 e. The molecule has 3 heterocycles. The monoisotopic (exact) mass is 655 g/mol. The largest absolute Gasteiger partial charge is 0.456 e. The second-order valence-electron chi connectivity index (χ2n) is 12.9. The molecule has 5 nitrogen and oxygen atoms in total. The topological polar surface area (TPSA) is 65.0 Å². The van der Waals surface area contributed by atoms with Gasteiger partial charge < -0.3 is 8.83 Å². The highest BCUT2D eigenvalue weighted by Crippen LogP contribution is 2.39. The van der Waals surface area contributed by atoms with E-state index in [-0.39, 0.29) is 0 Å². The molecule has 3 aromatic heterocycles. The highest BCUT2D eigenvalue weighted by Gasteiger charge is 2.18. The van der Waals surface area contributed by atoms with Gasteiger partial charge in [0.25, 0.3) is 0 Å². The van der Waals surface area contributed by atoms with Gasteiger partial charge in [0.2, 0.25) is 0 Å². The number of hydrogen-bond acceptors (Lipinski definition) is 5. The Kier molecular flexibility index (Phi) is 6.64. The molecule has 0 aliphatic heterocycles. The lowest BCUT2D eigenvalue weighted by molar-refractivity contribution is 0.666. The zero-order chi connectivity index (χ0) is 33.9. The van der Waals surface area contributed by atoms with E-state index in [4.69, 9.17) is 23.8 Å². The molecular weight excluding hydrogens is 627 g/mol. The predicted molar refractivity (Wildman–Crippen MR) is 206 cm³/mol. The van der Waals surface area contributed by atoms with E-state index in [0.717, 1.165) is 77.3 Å². The summed E-state index contributed by atoms with van der Waals surface area (Å²) < 4.78 is 12.8. The molecule has 51 heavy (non-hydrogen) atoms. The van der Waals surface area contributed by atoms with Crippen molar-refractivity contribution < 1.29 is 8.83 Å². The minimum atomic E-state index is 0.568. The van der Waals surface area contributed by atoms with Crippen LogP contribution in [0.15, 0.2) is 167 Å². The Morgan fingerprint density at radius 1 is 0.373 bits per heavy atom. The number of rotatable bonds is 5. The molecule has 0 aliphatic rings. The van der Waals surface area contributed by atoms with Crippen molar-refractivity contribution in [1.29, 1.82) is 0 Å². The Morgan fingerprint density at radius 2 is 0.922 bits per heavy atom. The second kappa shape index (κ2) is 11.6. The molecular formula is C46H29N3O2. The van der Waals surface area contributed by atoms with Crippen LogP contribution in [0.3, 0.4) is 0 Å². The fraction of sp³-hybridized carbons (Fsp3) is 0.0217. The first-order valence-corrected chi connectivity index (χ1v) is 17.0. The molecule has 0 saturated heterocycles. The molecule has 0 N–H and O–H groups in total. The van der Waals surface area contributed by atoms with Crippen LogP contribution >= 0.6 is 0 Å². The number of aromatic nitrogens is 3. The lowest BCUT2D eigenvalue weighted by Gasteiger charge is -2.09. The summed E-state index contributed by atoms with van der Waals surface area (Å²) >= 11 is 0. The lowest BCUT2D eigenvalue weighted by atomic mass is 9.96. The molecule has 10 rings (SSSR count). The summed E-state index contributed by atoms with van der Waals surface area (Å²) in [5, 5.41) is 4.29. The molecule has 10 aromatic rings. The molecule has 0 spiro atoms. The summed E-state index contributed by atoms with van der Waals surface area (Å²) in [6.07, 6.45) is 0. The van der Waals surface area contributed by atoms with Crippen molar-refractivity contribution in [2.75, 3.05) is 0 Å². The van der Waals surface area contributed by atoms with E-state index in [1.807, 2.05) is 54.6 Å². The molecule has 5 heteroatoms. The van der Waals surface area contributed by atoms with Gasteiger partial charge in [0.05, 0.1) is 0 Å². The molecule has 0 radical (unpaired) electrons. The quantitative estimate of drug-likeness (QED) is 0.185. The minimum Gasteiger partial charge on any atom is -0.456 e. The summed E-state index contributed by atoms with van der Waals surface area (Å²) in [6, 6.07) is 54.1. The molecule has 0 amide bonds. The third kappa shape index (κ3) is 4.98. The van der Waals surface area contributed by atoms with Gasteiger partial charge >= 0.3 is 0 Å². The van der Waals surface area contributed by atoms with E-state index in [1.165, 1.54) is 11.1 Å². The third-order valence-electron chi connectivity index (χ3n) is 9.68. The summed E-state index contributed by atoms with van der Waals surface area (Å²) in [4.78, 5) is 15.0. The molecule has 0 atom stereocenters. The van der Waals surface area contributed by atoms with E-state index in [9.17, 15) is 0 Å².